The van der Waals surface area contributed by atoms with Gasteiger partial charge in [0.2, 0.25) is 0 Å². The predicted molar refractivity (Wildman–Crippen MR) is 54.5 cm³/mol. The van der Waals surface area contributed by atoms with Gasteiger partial charge in [-0.2, -0.15) is 0 Å². The van der Waals surface area contributed by atoms with Crippen LogP contribution >= 0.6 is 0 Å². The minimum absolute atomic E-state index is 0.344. The molecule has 0 radical (unpaired) electrons. The number of aliphatic hydroxyl groups excluding tert-OH is 1. The molecule has 1 aliphatic heterocycles. The van der Waals surface area contributed by atoms with Gasteiger partial charge in [-0.05, 0) is 40.0 Å². The maximum Gasteiger partial charge on any atom is 0.0911 e. The summed E-state index contributed by atoms with van der Waals surface area (Å²) in [5, 5.41) is 11.4. The fourth-order valence-electron chi connectivity index (χ4n) is 3.12. The van der Waals surface area contributed by atoms with E-state index in [2.05, 4.69) is 33.0 Å². The number of aliphatic hydroxyl groups is 1. The van der Waals surface area contributed by atoms with Crippen LogP contribution in [0.2, 0.25) is 0 Å². The molecule has 1 aliphatic rings. The van der Waals surface area contributed by atoms with Crippen molar-refractivity contribution in [1.82, 2.24) is 0 Å². The van der Waals surface area contributed by atoms with Crippen molar-refractivity contribution < 1.29 is 10.4 Å². The van der Waals surface area contributed by atoms with Crippen LogP contribution in [0.25, 0.3) is 0 Å². The van der Waals surface area contributed by atoms with Gasteiger partial charge in [0.25, 0.3) is 0 Å². The van der Waals surface area contributed by atoms with Crippen molar-refractivity contribution in [1.29, 1.82) is 0 Å². The molecule has 1 heterocycles. The average Bonchev–Trinajstić information content (AvgIpc) is 1.78. The summed E-state index contributed by atoms with van der Waals surface area (Å²) < 4.78 is 0. The molecule has 78 valence electrons. The molecule has 0 atom stereocenters. The first-order chi connectivity index (χ1) is 5.85. The van der Waals surface area contributed by atoms with Crippen molar-refractivity contribution in [2.45, 2.75) is 58.0 Å². The largest absolute Gasteiger partial charge is 0.396 e. The monoisotopic (exact) mass is 186 g/mol. The number of rotatable bonds is 2. The van der Waals surface area contributed by atoms with Crippen molar-refractivity contribution in [2.75, 3.05) is 6.61 Å². The van der Waals surface area contributed by atoms with Crippen LogP contribution in [0, 0.1) is 5.92 Å². The van der Waals surface area contributed by atoms with E-state index in [9.17, 15) is 0 Å². The number of nitrogens with two attached hydrogens (primary N) is 1. The third kappa shape index (κ3) is 3.28. The molecule has 13 heavy (non-hydrogen) atoms. The number of piperidine rings is 1. The number of hydrogen-bond donors (Lipinski definition) is 2. The summed E-state index contributed by atoms with van der Waals surface area (Å²) in [7, 11) is 0. The highest BCUT2D eigenvalue weighted by Crippen LogP contribution is 2.28. The summed E-state index contributed by atoms with van der Waals surface area (Å²) in [5.41, 5.74) is 0.698. The van der Waals surface area contributed by atoms with Gasteiger partial charge < -0.3 is 10.4 Å². The molecule has 1 rings (SSSR count). The second-order valence-electron chi connectivity index (χ2n) is 5.91. The van der Waals surface area contributed by atoms with E-state index in [0.717, 1.165) is 6.42 Å². The predicted octanol–water partition coefficient (Wildman–Crippen LogP) is 0.899. The average molecular weight is 186 g/mol. The highest BCUT2D eigenvalue weighted by molar-refractivity contribution is 4.83. The van der Waals surface area contributed by atoms with Crippen molar-refractivity contribution >= 4 is 0 Å². The molecule has 0 unspecified atom stereocenters. The van der Waals surface area contributed by atoms with E-state index in [1.54, 1.807) is 0 Å². The Labute approximate surface area is 81.7 Å². The SMILES string of the molecule is CC1(C)CC(CCO)CC(C)(C)[NH2+]1. The standard InChI is InChI=1S/C11H23NO/c1-10(2)7-9(5-6-13)8-11(3,4)12-10/h9,12-13H,5-8H2,1-4H3/p+1. The van der Waals surface area contributed by atoms with Crippen LogP contribution < -0.4 is 5.32 Å². The van der Waals surface area contributed by atoms with Gasteiger partial charge in [-0.15, -0.1) is 0 Å². The van der Waals surface area contributed by atoms with Crippen LogP contribution in [0.4, 0.5) is 0 Å². The van der Waals surface area contributed by atoms with Crippen molar-refractivity contribution in [3.63, 3.8) is 0 Å². The van der Waals surface area contributed by atoms with Gasteiger partial charge in [-0.1, -0.05) is 0 Å². The second-order valence-corrected chi connectivity index (χ2v) is 5.91. The quantitative estimate of drug-likeness (QED) is 0.660. The van der Waals surface area contributed by atoms with Crippen LogP contribution in [0.15, 0.2) is 0 Å². The van der Waals surface area contributed by atoms with Gasteiger partial charge in [-0.3, -0.25) is 0 Å². The summed E-state index contributed by atoms with van der Waals surface area (Å²) >= 11 is 0. The van der Waals surface area contributed by atoms with Gasteiger partial charge in [-0.25, -0.2) is 0 Å². The van der Waals surface area contributed by atoms with Gasteiger partial charge >= 0.3 is 0 Å². The Bertz CT molecular complexity index is 159. The van der Waals surface area contributed by atoms with Crippen LogP contribution in [0.3, 0.4) is 0 Å². The molecule has 0 spiro atoms. The first kappa shape index (κ1) is 11.0. The molecule has 0 bridgehead atoms. The first-order valence-electron chi connectivity index (χ1n) is 5.33. The highest BCUT2D eigenvalue weighted by Gasteiger charge is 2.40. The molecule has 0 saturated carbocycles. The molecule has 3 N–H and O–H groups in total. The van der Waals surface area contributed by atoms with Crippen LogP contribution in [-0.4, -0.2) is 22.8 Å². The van der Waals surface area contributed by atoms with Gasteiger partial charge in [0.05, 0.1) is 11.1 Å². The molecule has 1 fully saturated rings. The summed E-state index contributed by atoms with van der Waals surface area (Å²) in [4.78, 5) is 0. The minimum Gasteiger partial charge on any atom is -0.396 e. The van der Waals surface area contributed by atoms with Crippen LogP contribution in [0.5, 0.6) is 0 Å². The molecular weight excluding hydrogens is 162 g/mol. The van der Waals surface area contributed by atoms with Crippen LogP contribution in [-0.2, 0) is 0 Å². The van der Waals surface area contributed by atoms with Gasteiger partial charge in [0.15, 0.2) is 0 Å². The zero-order valence-electron chi connectivity index (χ0n) is 9.43. The van der Waals surface area contributed by atoms with Crippen molar-refractivity contribution in [3.8, 4) is 0 Å². The third-order valence-corrected chi connectivity index (χ3v) is 2.95. The summed E-state index contributed by atoms with van der Waals surface area (Å²) in [6, 6.07) is 0. The molecule has 0 amide bonds. The zero-order valence-corrected chi connectivity index (χ0v) is 9.43. The fraction of sp³-hybridized carbons (Fsp3) is 1.00. The molecule has 0 aromatic carbocycles. The molecular formula is C11H24NO+. The Balaban J connectivity index is 2.61. The molecule has 2 nitrogen and oxygen atoms in total. The zero-order chi connectivity index (χ0) is 10.1. The topological polar surface area (TPSA) is 36.8 Å². The molecule has 1 saturated heterocycles. The lowest BCUT2D eigenvalue weighted by atomic mass is 9.75. The Morgan fingerprint density at radius 2 is 1.62 bits per heavy atom. The Morgan fingerprint density at radius 1 is 1.15 bits per heavy atom. The molecule has 0 aromatic rings. The third-order valence-electron chi connectivity index (χ3n) is 2.95. The van der Waals surface area contributed by atoms with Crippen molar-refractivity contribution in [2.24, 2.45) is 5.92 Å². The van der Waals surface area contributed by atoms with E-state index >= 15 is 0 Å². The molecule has 2 heteroatoms. The van der Waals surface area contributed by atoms with E-state index < -0.39 is 0 Å². The Kier molecular flexibility index (Phi) is 3.03. The number of hydrogen-bond acceptors (Lipinski definition) is 1. The second kappa shape index (κ2) is 3.58. The van der Waals surface area contributed by atoms with E-state index in [4.69, 9.17) is 5.11 Å². The summed E-state index contributed by atoms with van der Waals surface area (Å²) in [6.07, 6.45) is 3.44. The van der Waals surface area contributed by atoms with Crippen molar-refractivity contribution in [3.05, 3.63) is 0 Å². The Hall–Kier alpha value is -0.0800. The van der Waals surface area contributed by atoms with E-state index in [1.807, 2.05) is 0 Å². The lowest BCUT2D eigenvalue weighted by molar-refractivity contribution is -0.789. The molecule has 0 aromatic heterocycles. The minimum atomic E-state index is 0.344. The highest BCUT2D eigenvalue weighted by atomic mass is 16.3. The maximum atomic E-state index is 8.95. The maximum absolute atomic E-state index is 8.95. The first-order valence-corrected chi connectivity index (χ1v) is 5.33. The lowest BCUT2D eigenvalue weighted by Gasteiger charge is -2.43. The molecule has 0 aliphatic carbocycles. The van der Waals surface area contributed by atoms with E-state index in [-0.39, 0.29) is 0 Å². The van der Waals surface area contributed by atoms with E-state index in [1.165, 1.54) is 12.8 Å². The van der Waals surface area contributed by atoms with E-state index in [0.29, 0.717) is 23.6 Å². The fourth-order valence-corrected chi connectivity index (χ4v) is 3.12. The van der Waals surface area contributed by atoms with Crippen LogP contribution in [0.1, 0.15) is 47.0 Å². The Morgan fingerprint density at radius 3 is 2.00 bits per heavy atom. The lowest BCUT2D eigenvalue weighted by Crippen LogP contribution is -3.05. The summed E-state index contributed by atoms with van der Waals surface area (Å²) in [5.74, 6) is 0.708. The smallest absolute Gasteiger partial charge is 0.0911 e. The van der Waals surface area contributed by atoms with Gasteiger partial charge in [0.1, 0.15) is 0 Å². The number of quaternary nitrogens is 1. The van der Waals surface area contributed by atoms with Gasteiger partial charge in [0, 0.05) is 19.4 Å². The summed E-state index contributed by atoms with van der Waals surface area (Å²) in [6.45, 7) is 9.56. The normalized spacial score (nSPS) is 27.5.